The maximum Gasteiger partial charge on any atom is 0.337 e. The number of nitrogens with one attached hydrogen (secondary N) is 1. The molecule has 1 saturated heterocycles. The Labute approximate surface area is 178 Å². The number of esters is 1. The van der Waals surface area contributed by atoms with Crippen molar-refractivity contribution in [2.24, 2.45) is 0 Å². The monoisotopic (exact) mass is 407 g/mol. The third kappa shape index (κ3) is 4.99. The van der Waals surface area contributed by atoms with E-state index in [1.54, 1.807) is 18.2 Å². The predicted octanol–water partition coefficient (Wildman–Crippen LogP) is 2.90. The number of anilines is 1. The first-order valence-corrected chi connectivity index (χ1v) is 10.3. The lowest BCUT2D eigenvalue weighted by Gasteiger charge is -2.45. The zero-order chi connectivity index (χ0) is 21.6. The van der Waals surface area contributed by atoms with E-state index in [-0.39, 0.29) is 12.0 Å². The number of aliphatic hydroxyl groups is 1. The van der Waals surface area contributed by atoms with Crippen LogP contribution in [0.5, 0.6) is 0 Å². The molecule has 0 aromatic heterocycles. The van der Waals surface area contributed by atoms with Crippen molar-refractivity contribution in [3.05, 3.63) is 65.2 Å². The molecule has 2 aromatic rings. The molecule has 0 spiro atoms. The SMILES string of the molecule is COC(=O)c1ccc(N(C)C(CCc2cccc(C#N)c2)C2(O)CCNCC2)cc1. The summed E-state index contributed by atoms with van der Waals surface area (Å²) in [6.07, 6.45) is 2.88. The Morgan fingerprint density at radius 3 is 2.60 bits per heavy atom. The second-order valence-electron chi connectivity index (χ2n) is 7.87. The average Bonchev–Trinajstić information content (AvgIpc) is 2.79. The van der Waals surface area contributed by atoms with Crippen molar-refractivity contribution in [3.8, 4) is 6.07 Å². The first-order chi connectivity index (χ1) is 14.5. The highest BCUT2D eigenvalue weighted by Gasteiger charge is 2.40. The van der Waals surface area contributed by atoms with E-state index in [9.17, 15) is 9.90 Å². The first-order valence-electron chi connectivity index (χ1n) is 10.3. The molecule has 0 saturated carbocycles. The normalized spacial score (nSPS) is 16.3. The standard InChI is InChI=1S/C24H29N3O3/c1-27(21-9-7-20(8-10-21)23(28)30-2)22(24(29)12-14-26-15-13-24)11-6-18-4-3-5-19(16-18)17-25/h3-5,7-10,16,22,26,29H,6,11-15H2,1-2H3. The maximum absolute atomic E-state index is 11.7. The molecule has 1 aliphatic heterocycles. The average molecular weight is 408 g/mol. The molecule has 0 aliphatic carbocycles. The van der Waals surface area contributed by atoms with E-state index in [0.717, 1.165) is 37.2 Å². The van der Waals surface area contributed by atoms with Crippen molar-refractivity contribution in [1.29, 1.82) is 5.26 Å². The number of aryl methyl sites for hydroxylation is 1. The number of benzene rings is 2. The molecule has 2 aromatic carbocycles. The van der Waals surface area contributed by atoms with Crippen LogP contribution in [0.3, 0.4) is 0 Å². The highest BCUT2D eigenvalue weighted by Crippen LogP contribution is 2.32. The second kappa shape index (κ2) is 9.75. The number of hydrogen-bond acceptors (Lipinski definition) is 6. The summed E-state index contributed by atoms with van der Waals surface area (Å²) in [6, 6.07) is 17.0. The molecule has 0 bridgehead atoms. The number of piperidine rings is 1. The largest absolute Gasteiger partial charge is 0.465 e. The molecule has 30 heavy (non-hydrogen) atoms. The molecule has 158 valence electrons. The van der Waals surface area contributed by atoms with Crippen LogP contribution in [0.25, 0.3) is 0 Å². The third-order valence-electron chi connectivity index (χ3n) is 6.02. The summed E-state index contributed by atoms with van der Waals surface area (Å²) in [5, 5.41) is 24.0. The van der Waals surface area contributed by atoms with E-state index in [2.05, 4.69) is 16.3 Å². The van der Waals surface area contributed by atoms with E-state index in [4.69, 9.17) is 10.00 Å². The first kappa shape index (κ1) is 21.8. The van der Waals surface area contributed by atoms with E-state index >= 15 is 0 Å². The zero-order valence-corrected chi connectivity index (χ0v) is 17.6. The summed E-state index contributed by atoms with van der Waals surface area (Å²) in [5.74, 6) is -0.366. The molecule has 1 aliphatic rings. The lowest BCUT2D eigenvalue weighted by Crippen LogP contribution is -2.56. The lowest BCUT2D eigenvalue weighted by molar-refractivity contribution is -0.0167. The number of hydrogen-bond donors (Lipinski definition) is 2. The van der Waals surface area contributed by atoms with Gasteiger partial charge >= 0.3 is 5.97 Å². The van der Waals surface area contributed by atoms with E-state index in [0.29, 0.717) is 24.0 Å². The Morgan fingerprint density at radius 2 is 1.97 bits per heavy atom. The number of methoxy groups -OCH3 is 1. The number of ether oxygens (including phenoxy) is 1. The van der Waals surface area contributed by atoms with Crippen molar-refractivity contribution in [1.82, 2.24) is 5.32 Å². The van der Waals surface area contributed by atoms with Crippen LogP contribution in [-0.4, -0.2) is 50.0 Å². The molecule has 1 heterocycles. The lowest BCUT2D eigenvalue weighted by atomic mass is 9.81. The van der Waals surface area contributed by atoms with Crippen LogP contribution in [0.2, 0.25) is 0 Å². The molecule has 0 amide bonds. The highest BCUT2D eigenvalue weighted by atomic mass is 16.5. The van der Waals surface area contributed by atoms with E-state index in [1.807, 2.05) is 37.4 Å². The van der Waals surface area contributed by atoms with Crippen LogP contribution < -0.4 is 10.2 Å². The van der Waals surface area contributed by atoms with Gasteiger partial charge in [-0.15, -0.1) is 0 Å². The van der Waals surface area contributed by atoms with Crippen molar-refractivity contribution >= 4 is 11.7 Å². The fraction of sp³-hybridized carbons (Fsp3) is 0.417. The molecule has 3 rings (SSSR count). The fourth-order valence-electron chi connectivity index (χ4n) is 4.25. The maximum atomic E-state index is 11.7. The van der Waals surface area contributed by atoms with Crippen molar-refractivity contribution < 1.29 is 14.6 Å². The molecule has 1 unspecified atom stereocenters. The molecular weight excluding hydrogens is 378 g/mol. The van der Waals surface area contributed by atoms with Gasteiger partial charge in [0.05, 0.1) is 35.9 Å². The Kier molecular flexibility index (Phi) is 7.09. The molecule has 6 heteroatoms. The van der Waals surface area contributed by atoms with E-state index < -0.39 is 5.60 Å². The minimum absolute atomic E-state index is 0.102. The van der Waals surface area contributed by atoms with Gasteiger partial charge < -0.3 is 20.1 Å². The smallest absolute Gasteiger partial charge is 0.337 e. The predicted molar refractivity (Wildman–Crippen MR) is 117 cm³/mol. The molecule has 1 fully saturated rings. The van der Waals surface area contributed by atoms with Crippen molar-refractivity contribution in [2.75, 3.05) is 32.1 Å². The quantitative estimate of drug-likeness (QED) is 0.687. The van der Waals surface area contributed by atoms with Gasteiger partial charge in [-0.2, -0.15) is 5.26 Å². The molecule has 0 radical (unpaired) electrons. The minimum Gasteiger partial charge on any atom is -0.465 e. The van der Waals surface area contributed by atoms with E-state index in [1.165, 1.54) is 7.11 Å². The number of likely N-dealkylation sites (N-methyl/N-ethyl adjacent to an activating group) is 1. The Balaban J connectivity index is 1.83. The van der Waals surface area contributed by atoms with Gasteiger partial charge in [0.15, 0.2) is 0 Å². The number of nitriles is 1. The van der Waals surface area contributed by atoms with Gasteiger partial charge in [-0.25, -0.2) is 4.79 Å². The highest BCUT2D eigenvalue weighted by molar-refractivity contribution is 5.89. The topological polar surface area (TPSA) is 85.6 Å². The Morgan fingerprint density at radius 1 is 1.27 bits per heavy atom. The van der Waals surface area contributed by atoms with Crippen LogP contribution >= 0.6 is 0 Å². The van der Waals surface area contributed by atoms with Gasteiger partial charge in [-0.05, 0) is 80.7 Å². The van der Waals surface area contributed by atoms with Crippen molar-refractivity contribution in [2.45, 2.75) is 37.3 Å². The van der Waals surface area contributed by atoms with Gasteiger partial charge in [-0.3, -0.25) is 0 Å². The van der Waals surface area contributed by atoms with Crippen LogP contribution in [0.15, 0.2) is 48.5 Å². The van der Waals surface area contributed by atoms with Crippen LogP contribution in [0.1, 0.15) is 40.7 Å². The molecular formula is C24H29N3O3. The Bertz CT molecular complexity index is 899. The van der Waals surface area contributed by atoms with Crippen LogP contribution in [0, 0.1) is 11.3 Å². The number of carbonyl (C=O) groups is 1. The zero-order valence-electron chi connectivity index (χ0n) is 17.6. The van der Waals surface area contributed by atoms with Gasteiger partial charge in [0, 0.05) is 12.7 Å². The summed E-state index contributed by atoms with van der Waals surface area (Å²) >= 11 is 0. The van der Waals surface area contributed by atoms with Crippen molar-refractivity contribution in [3.63, 3.8) is 0 Å². The van der Waals surface area contributed by atoms with Crippen LogP contribution in [-0.2, 0) is 11.2 Å². The van der Waals surface area contributed by atoms with Gasteiger partial charge in [0.2, 0.25) is 0 Å². The van der Waals surface area contributed by atoms with Gasteiger partial charge in [0.1, 0.15) is 0 Å². The molecule has 1 atom stereocenters. The molecule has 6 nitrogen and oxygen atoms in total. The van der Waals surface area contributed by atoms with Gasteiger partial charge in [0.25, 0.3) is 0 Å². The summed E-state index contributed by atoms with van der Waals surface area (Å²) in [6.45, 7) is 1.57. The third-order valence-corrected chi connectivity index (χ3v) is 6.02. The summed E-state index contributed by atoms with van der Waals surface area (Å²) in [5.41, 5.74) is 2.36. The van der Waals surface area contributed by atoms with Crippen LogP contribution in [0.4, 0.5) is 5.69 Å². The van der Waals surface area contributed by atoms with Gasteiger partial charge in [-0.1, -0.05) is 12.1 Å². The summed E-state index contributed by atoms with van der Waals surface area (Å²) in [7, 11) is 3.36. The summed E-state index contributed by atoms with van der Waals surface area (Å²) in [4.78, 5) is 13.8. The number of carbonyl (C=O) groups excluding carboxylic acids is 1. The fourth-order valence-corrected chi connectivity index (χ4v) is 4.25. The number of rotatable bonds is 7. The second-order valence-corrected chi connectivity index (χ2v) is 7.87. The Hall–Kier alpha value is -2.88. The summed E-state index contributed by atoms with van der Waals surface area (Å²) < 4.78 is 4.78. The molecule has 2 N–H and O–H groups in total. The minimum atomic E-state index is -0.812. The number of nitrogens with zero attached hydrogens (tertiary/aromatic N) is 2.